The van der Waals surface area contributed by atoms with Gasteiger partial charge < -0.3 is 15.3 Å². The van der Waals surface area contributed by atoms with Gasteiger partial charge in [0.25, 0.3) is 5.91 Å². The number of hydrogen-bond donors (Lipinski definition) is 2. The summed E-state index contributed by atoms with van der Waals surface area (Å²) in [6, 6.07) is 4.20. The van der Waals surface area contributed by atoms with Crippen molar-refractivity contribution >= 4 is 17.6 Å². The highest BCUT2D eigenvalue weighted by molar-refractivity contribution is 5.93. The van der Waals surface area contributed by atoms with Gasteiger partial charge in [-0.3, -0.25) is 19.5 Å². The molecule has 0 bridgehead atoms. The van der Waals surface area contributed by atoms with E-state index in [9.17, 15) is 9.59 Å². The molecule has 0 spiro atoms. The molecule has 1 saturated heterocycles. The molecule has 3 aliphatic rings. The molecule has 1 aromatic rings. The van der Waals surface area contributed by atoms with E-state index < -0.39 is 5.97 Å². The van der Waals surface area contributed by atoms with Crippen molar-refractivity contribution < 1.29 is 14.7 Å². The molecule has 7 heteroatoms. The second kappa shape index (κ2) is 7.84. The number of anilines is 1. The van der Waals surface area contributed by atoms with Gasteiger partial charge in [0.05, 0.1) is 6.54 Å². The molecule has 4 rings (SSSR count). The molecular formula is C20H28N4O3. The lowest BCUT2D eigenvalue weighted by Gasteiger charge is -2.42. The van der Waals surface area contributed by atoms with E-state index in [0.29, 0.717) is 11.6 Å². The predicted octanol–water partition coefficient (Wildman–Crippen LogP) is 1.74. The molecule has 7 nitrogen and oxygen atoms in total. The third-order valence-electron chi connectivity index (χ3n) is 5.94. The molecule has 2 heterocycles. The molecule has 0 radical (unpaired) electrons. The third-order valence-corrected chi connectivity index (χ3v) is 5.94. The van der Waals surface area contributed by atoms with Gasteiger partial charge in [-0.1, -0.05) is 0 Å². The van der Waals surface area contributed by atoms with Crippen molar-refractivity contribution in [2.75, 3.05) is 31.1 Å². The maximum Gasteiger partial charge on any atom is 0.317 e. The minimum absolute atomic E-state index is 0.0985. The molecule has 1 amide bonds. The maximum absolute atomic E-state index is 12.6. The Kier molecular flexibility index (Phi) is 5.29. The Hall–Kier alpha value is -2.15. The van der Waals surface area contributed by atoms with Crippen molar-refractivity contribution in [3.63, 3.8) is 0 Å². The van der Waals surface area contributed by atoms with Crippen LogP contribution >= 0.6 is 0 Å². The average molecular weight is 372 g/mol. The summed E-state index contributed by atoms with van der Waals surface area (Å²) in [5.41, 5.74) is 1.53. The second-order valence-corrected chi connectivity index (χ2v) is 8.16. The van der Waals surface area contributed by atoms with E-state index in [-0.39, 0.29) is 24.5 Å². The Morgan fingerprint density at radius 2 is 2.00 bits per heavy atom. The summed E-state index contributed by atoms with van der Waals surface area (Å²) < 4.78 is 0. The third kappa shape index (κ3) is 4.58. The minimum atomic E-state index is -0.772. The van der Waals surface area contributed by atoms with Gasteiger partial charge in [0.1, 0.15) is 5.69 Å². The van der Waals surface area contributed by atoms with Gasteiger partial charge in [-0.15, -0.1) is 0 Å². The highest BCUT2D eigenvalue weighted by Crippen LogP contribution is 2.33. The van der Waals surface area contributed by atoms with Crippen LogP contribution in [0.1, 0.15) is 49.0 Å². The summed E-state index contributed by atoms with van der Waals surface area (Å²) >= 11 is 0. The molecule has 1 aromatic heterocycles. The highest BCUT2D eigenvalue weighted by atomic mass is 16.4. The summed E-state index contributed by atoms with van der Waals surface area (Å²) in [6.45, 7) is 3.05. The van der Waals surface area contributed by atoms with Crippen LogP contribution in [0.2, 0.25) is 0 Å². The van der Waals surface area contributed by atoms with E-state index in [2.05, 4.69) is 20.1 Å². The summed E-state index contributed by atoms with van der Waals surface area (Å²) in [5, 5.41) is 12.2. The van der Waals surface area contributed by atoms with Crippen LogP contribution in [0, 0.1) is 5.92 Å². The fourth-order valence-electron chi connectivity index (χ4n) is 4.13. The molecule has 3 fully saturated rings. The molecule has 0 atom stereocenters. The smallest absolute Gasteiger partial charge is 0.317 e. The molecule has 146 valence electrons. The monoisotopic (exact) mass is 372 g/mol. The number of hydrogen-bond acceptors (Lipinski definition) is 5. The van der Waals surface area contributed by atoms with Crippen molar-refractivity contribution in [3.8, 4) is 0 Å². The summed E-state index contributed by atoms with van der Waals surface area (Å²) in [7, 11) is 0. The van der Waals surface area contributed by atoms with Gasteiger partial charge in [0.15, 0.2) is 0 Å². The quantitative estimate of drug-likeness (QED) is 0.723. The lowest BCUT2D eigenvalue weighted by molar-refractivity contribution is -0.139. The lowest BCUT2D eigenvalue weighted by Crippen LogP contribution is -2.55. The zero-order chi connectivity index (χ0) is 18.8. The van der Waals surface area contributed by atoms with Gasteiger partial charge in [-0.05, 0) is 56.6 Å². The molecule has 2 N–H and O–H groups in total. The van der Waals surface area contributed by atoms with E-state index in [1.165, 1.54) is 25.7 Å². The zero-order valence-corrected chi connectivity index (χ0v) is 15.6. The molecule has 0 aromatic carbocycles. The number of aromatic nitrogens is 1. The van der Waals surface area contributed by atoms with Crippen molar-refractivity contribution in [3.05, 3.63) is 24.0 Å². The number of nitrogens with one attached hydrogen (secondary N) is 1. The van der Waals surface area contributed by atoms with Crippen LogP contribution in [0.3, 0.4) is 0 Å². The topological polar surface area (TPSA) is 85.8 Å². The number of carbonyl (C=O) groups is 2. The summed E-state index contributed by atoms with van der Waals surface area (Å²) in [5.74, 6) is -0.243. The van der Waals surface area contributed by atoms with Crippen LogP contribution in [0.4, 0.5) is 5.69 Å². The molecule has 2 aliphatic carbocycles. The SMILES string of the molecule is O=C(O)CN(CC1CC1)C1CC(NC(=O)c2cc(N3CCCC3)ccn2)C1. The first-order chi connectivity index (χ1) is 13.1. The van der Waals surface area contributed by atoms with Crippen LogP contribution in [-0.2, 0) is 4.79 Å². The number of pyridine rings is 1. The van der Waals surface area contributed by atoms with Gasteiger partial charge in [0, 0.05) is 43.6 Å². The van der Waals surface area contributed by atoms with Crippen molar-refractivity contribution in [1.82, 2.24) is 15.2 Å². The molecular weight excluding hydrogens is 344 g/mol. The number of aliphatic carboxylic acids is 1. The Labute approximate surface area is 159 Å². The first kappa shape index (κ1) is 18.2. The van der Waals surface area contributed by atoms with Gasteiger partial charge in [-0.2, -0.15) is 0 Å². The van der Waals surface area contributed by atoms with Crippen LogP contribution in [0.5, 0.6) is 0 Å². The van der Waals surface area contributed by atoms with Gasteiger partial charge in [-0.25, -0.2) is 0 Å². The normalized spacial score (nSPS) is 24.7. The van der Waals surface area contributed by atoms with Crippen molar-refractivity contribution in [2.45, 2.75) is 50.6 Å². The van der Waals surface area contributed by atoms with E-state index in [0.717, 1.165) is 38.2 Å². The first-order valence-electron chi connectivity index (χ1n) is 10.1. The standard InChI is InChI=1S/C20H28N4O3/c25-19(26)13-24(12-14-3-4-14)17-9-15(10-17)22-20(27)18-11-16(5-6-21-18)23-7-1-2-8-23/h5-6,11,14-15,17H,1-4,7-10,12-13H2,(H,22,27)(H,25,26). The first-order valence-corrected chi connectivity index (χ1v) is 10.1. The second-order valence-electron chi connectivity index (χ2n) is 8.16. The number of nitrogens with zero attached hydrogens (tertiary/aromatic N) is 3. The summed E-state index contributed by atoms with van der Waals surface area (Å²) in [4.78, 5) is 32.3. The van der Waals surface area contributed by atoms with Crippen LogP contribution in [0.25, 0.3) is 0 Å². The predicted molar refractivity (Wildman–Crippen MR) is 102 cm³/mol. The Bertz CT molecular complexity index is 694. The number of carboxylic acid groups (broad SMARTS) is 1. The maximum atomic E-state index is 12.6. The number of amides is 1. The van der Waals surface area contributed by atoms with E-state index in [1.807, 2.05) is 12.1 Å². The Morgan fingerprint density at radius 1 is 1.26 bits per heavy atom. The molecule has 27 heavy (non-hydrogen) atoms. The zero-order valence-electron chi connectivity index (χ0n) is 15.6. The lowest BCUT2D eigenvalue weighted by atomic mass is 9.85. The van der Waals surface area contributed by atoms with Gasteiger partial charge >= 0.3 is 5.97 Å². The van der Waals surface area contributed by atoms with Crippen LogP contribution in [0.15, 0.2) is 18.3 Å². The number of carbonyl (C=O) groups excluding carboxylic acids is 1. The van der Waals surface area contributed by atoms with E-state index >= 15 is 0 Å². The van der Waals surface area contributed by atoms with Crippen LogP contribution < -0.4 is 10.2 Å². The number of carboxylic acids is 1. The number of rotatable bonds is 8. The Morgan fingerprint density at radius 3 is 2.67 bits per heavy atom. The van der Waals surface area contributed by atoms with Gasteiger partial charge in [0.2, 0.25) is 0 Å². The molecule has 2 saturated carbocycles. The largest absolute Gasteiger partial charge is 0.480 e. The van der Waals surface area contributed by atoms with E-state index in [4.69, 9.17) is 5.11 Å². The fourth-order valence-corrected chi connectivity index (χ4v) is 4.13. The van der Waals surface area contributed by atoms with Crippen molar-refractivity contribution in [1.29, 1.82) is 0 Å². The molecule has 0 unspecified atom stereocenters. The summed E-state index contributed by atoms with van der Waals surface area (Å²) in [6.07, 6.45) is 8.15. The fraction of sp³-hybridized carbons (Fsp3) is 0.650. The van der Waals surface area contributed by atoms with E-state index in [1.54, 1.807) is 6.20 Å². The average Bonchev–Trinajstić information content (AvgIpc) is 3.25. The highest BCUT2D eigenvalue weighted by Gasteiger charge is 2.37. The van der Waals surface area contributed by atoms with Crippen LogP contribution in [-0.4, -0.2) is 65.1 Å². The minimum Gasteiger partial charge on any atom is -0.480 e. The Balaban J connectivity index is 1.29. The van der Waals surface area contributed by atoms with Crippen molar-refractivity contribution in [2.24, 2.45) is 5.92 Å². The molecule has 1 aliphatic heterocycles.